The number of aromatic amines is 2. The van der Waals surface area contributed by atoms with E-state index in [2.05, 4.69) is 56.0 Å². The number of carboxylic acids is 1. The SMILES string of the molecule is CCCCCCCCN1CC(=O)N[C@@H](Cc2c[nH]c3ccccc23)C(=O)NN(CCCCCCCC)CC(=O)N[C@@H](CCCCN)C(=O)NN(CCCCN)CC(=O)N[C@@H](Cc2c[nH]c3ccccc23)C(=O)N1.O=C(O)C(F)(F)F. The van der Waals surface area contributed by atoms with E-state index in [0.29, 0.717) is 64.7 Å². The lowest BCUT2D eigenvalue weighted by Gasteiger charge is -2.28. The van der Waals surface area contributed by atoms with Gasteiger partial charge in [0, 0.05) is 66.7 Å². The molecule has 0 spiro atoms. The lowest BCUT2D eigenvalue weighted by molar-refractivity contribution is -0.192. The Balaban J connectivity index is 0.00000184. The van der Waals surface area contributed by atoms with Crippen molar-refractivity contribution in [3.05, 3.63) is 72.1 Å². The molecule has 1 saturated heterocycles. The highest BCUT2D eigenvalue weighted by molar-refractivity contribution is 5.93. The average Bonchev–Trinajstić information content (AvgIpc) is 4.03. The number of carboxylic acid groups (broad SMARTS) is 1. The van der Waals surface area contributed by atoms with E-state index < -0.39 is 65.7 Å². The van der Waals surface area contributed by atoms with Gasteiger partial charge in [0.2, 0.25) is 17.7 Å². The quantitative estimate of drug-likeness (QED) is 0.0364. The standard InChI is InChI=1S/C54H85N13O6.C2HF3O2/c1-3-5-7-9-11-20-30-65-37-49(68)59-46(27-17-18-28-55)52(71)62-67(32-22-19-29-56)39-51(70)61-48(34-41-36-58-45-26-16-14-24-43(41)45)54(73)64-66(31-21-12-10-8-6-4-2)38-50(69)60-47(53(72)63-65)33-40-35-57-44-25-15-13-23-42(40)44;3-2(4,5)1(6)7/h13-16,23-26,35-36,46-48,57-58H,3-12,17-22,27-34,37-39,55-56H2,1-2H3,(H,59,68)(H,60,69)(H,61,70)(H,62,71)(H,63,72)(H,64,73);(H,6,7)/t46-,47-,48-;/m0./s1. The third-order valence-corrected chi connectivity index (χ3v) is 13.6. The predicted octanol–water partition coefficient (Wildman–Crippen LogP) is 5.12. The number of amides is 6. The minimum absolute atomic E-state index is 0.107. The van der Waals surface area contributed by atoms with Crippen LogP contribution in [0.4, 0.5) is 13.2 Å². The molecule has 3 atom stereocenters. The molecule has 4 aromatic rings. The summed E-state index contributed by atoms with van der Waals surface area (Å²) < 4.78 is 31.7. The van der Waals surface area contributed by atoms with Crippen LogP contribution in [0.2, 0.25) is 0 Å². The predicted molar refractivity (Wildman–Crippen MR) is 301 cm³/mol. The molecule has 0 saturated carbocycles. The van der Waals surface area contributed by atoms with Gasteiger partial charge in [-0.05, 0) is 81.3 Å². The third-order valence-electron chi connectivity index (χ3n) is 13.6. The number of H-pyrrole nitrogens is 2. The first-order valence-electron chi connectivity index (χ1n) is 28.3. The second kappa shape index (κ2) is 35.9. The zero-order valence-electron chi connectivity index (χ0n) is 46.5. The van der Waals surface area contributed by atoms with Crippen LogP contribution in [0.1, 0.15) is 134 Å². The number of unbranched alkanes of at least 4 members (excludes halogenated alkanes) is 12. The first kappa shape index (κ1) is 65.9. The van der Waals surface area contributed by atoms with Crippen LogP contribution < -0.4 is 43.7 Å². The number of carbonyl (C=O) groups is 7. The van der Waals surface area contributed by atoms with Crippen molar-refractivity contribution in [3.63, 3.8) is 0 Å². The molecule has 2 aromatic carbocycles. The van der Waals surface area contributed by atoms with E-state index in [4.69, 9.17) is 21.4 Å². The number of hydrazine groups is 3. The molecule has 0 radical (unpaired) electrons. The summed E-state index contributed by atoms with van der Waals surface area (Å²) in [5.41, 5.74) is 23.9. The average molecular weight is 1130 g/mol. The normalized spacial score (nSPS) is 18.3. The fraction of sp³-hybridized carbons (Fsp3) is 0.589. The molecule has 1 aliphatic rings. The maximum atomic E-state index is 14.7. The topological polar surface area (TPSA) is 305 Å². The number of nitrogens with one attached hydrogen (secondary N) is 8. The van der Waals surface area contributed by atoms with Gasteiger partial charge < -0.3 is 42.5 Å². The van der Waals surface area contributed by atoms with Gasteiger partial charge in [0.25, 0.3) is 17.7 Å². The fourth-order valence-corrected chi connectivity index (χ4v) is 9.30. The molecule has 0 bridgehead atoms. The molecule has 6 amide bonds. The van der Waals surface area contributed by atoms with E-state index in [1.54, 1.807) is 10.0 Å². The highest BCUT2D eigenvalue weighted by atomic mass is 19.4. The number of hydrogen-bond acceptors (Lipinski definition) is 12. The Labute approximate surface area is 466 Å². The van der Waals surface area contributed by atoms with Crippen LogP contribution >= 0.6 is 0 Å². The Hall–Kier alpha value is -6.60. The molecule has 1 fully saturated rings. The highest BCUT2D eigenvalue weighted by Gasteiger charge is 2.38. The number of para-hydroxylation sites is 2. The van der Waals surface area contributed by atoms with E-state index >= 15 is 0 Å². The number of aromatic nitrogens is 2. The summed E-state index contributed by atoms with van der Waals surface area (Å²) >= 11 is 0. The summed E-state index contributed by atoms with van der Waals surface area (Å²) in [6, 6.07) is 12.2. The Morgan fingerprint density at radius 2 is 0.863 bits per heavy atom. The Morgan fingerprint density at radius 1 is 0.525 bits per heavy atom. The smallest absolute Gasteiger partial charge is 0.475 e. The molecular formula is C56H86F3N13O8. The number of rotatable bonds is 26. The van der Waals surface area contributed by atoms with Crippen LogP contribution in [0, 0.1) is 0 Å². The molecule has 2 aromatic heterocycles. The van der Waals surface area contributed by atoms with Gasteiger partial charge in [0.1, 0.15) is 18.1 Å². The lowest BCUT2D eigenvalue weighted by atomic mass is 10.0. The Morgan fingerprint density at radius 3 is 1.25 bits per heavy atom. The molecule has 24 heteroatoms. The maximum Gasteiger partial charge on any atom is 0.490 e. The number of benzene rings is 2. The molecule has 1 aliphatic heterocycles. The molecule has 21 nitrogen and oxygen atoms in total. The number of nitrogens with two attached hydrogens (primary N) is 2. The highest BCUT2D eigenvalue weighted by Crippen LogP contribution is 2.21. The Kier molecular flexibility index (Phi) is 29.6. The van der Waals surface area contributed by atoms with Crippen molar-refractivity contribution in [1.29, 1.82) is 0 Å². The lowest BCUT2D eigenvalue weighted by Crippen LogP contribution is -2.58. The zero-order valence-corrected chi connectivity index (χ0v) is 46.5. The fourth-order valence-electron chi connectivity index (χ4n) is 9.30. The van der Waals surface area contributed by atoms with Crippen molar-refractivity contribution in [2.24, 2.45) is 11.5 Å². The summed E-state index contributed by atoms with van der Waals surface area (Å²) in [5.74, 6) is -5.88. The first-order valence-corrected chi connectivity index (χ1v) is 28.3. The number of alkyl halides is 3. The molecule has 5 rings (SSSR count). The van der Waals surface area contributed by atoms with E-state index in [9.17, 15) is 41.9 Å². The van der Waals surface area contributed by atoms with Gasteiger partial charge in [-0.1, -0.05) is 114 Å². The molecule has 13 N–H and O–H groups in total. The van der Waals surface area contributed by atoms with Crippen LogP contribution in [0.3, 0.4) is 0 Å². The van der Waals surface area contributed by atoms with Crippen molar-refractivity contribution in [3.8, 4) is 0 Å². The number of nitrogens with zero attached hydrogens (tertiary/aromatic N) is 3. The minimum atomic E-state index is -5.08. The van der Waals surface area contributed by atoms with Crippen LogP contribution in [0.15, 0.2) is 60.9 Å². The van der Waals surface area contributed by atoms with Gasteiger partial charge in [-0.15, -0.1) is 0 Å². The second-order valence-corrected chi connectivity index (χ2v) is 20.3. The molecule has 0 unspecified atom stereocenters. The van der Waals surface area contributed by atoms with E-state index in [1.165, 1.54) is 5.01 Å². The van der Waals surface area contributed by atoms with Gasteiger partial charge in [-0.2, -0.15) is 13.2 Å². The number of fused-ring (bicyclic) bond motifs is 2. The summed E-state index contributed by atoms with van der Waals surface area (Å²) in [6.07, 6.45) is 13.1. The number of carbonyl (C=O) groups excluding carboxylic acids is 6. The van der Waals surface area contributed by atoms with Crippen LogP contribution in [-0.2, 0) is 46.4 Å². The number of aliphatic carboxylic acids is 1. The third kappa shape index (κ3) is 24.0. The van der Waals surface area contributed by atoms with E-state index in [1.807, 2.05) is 60.9 Å². The number of hydrogen-bond donors (Lipinski definition) is 11. The van der Waals surface area contributed by atoms with Gasteiger partial charge in [-0.25, -0.2) is 19.8 Å². The van der Waals surface area contributed by atoms with Gasteiger partial charge in [0.05, 0.1) is 19.6 Å². The molecule has 0 aliphatic carbocycles. The maximum absolute atomic E-state index is 14.7. The summed E-state index contributed by atoms with van der Waals surface area (Å²) in [7, 11) is 0. The second-order valence-electron chi connectivity index (χ2n) is 20.3. The summed E-state index contributed by atoms with van der Waals surface area (Å²) in [6.45, 7) is 5.17. The van der Waals surface area contributed by atoms with Gasteiger partial charge in [0.15, 0.2) is 0 Å². The molecule has 80 heavy (non-hydrogen) atoms. The van der Waals surface area contributed by atoms with Gasteiger partial charge >= 0.3 is 12.1 Å². The summed E-state index contributed by atoms with van der Waals surface area (Å²) in [4.78, 5) is 102. The van der Waals surface area contributed by atoms with Crippen LogP contribution in [0.5, 0.6) is 0 Å². The van der Waals surface area contributed by atoms with E-state index in [-0.39, 0.29) is 45.4 Å². The molecule has 444 valence electrons. The molecular weight excluding hydrogens is 1040 g/mol. The largest absolute Gasteiger partial charge is 0.490 e. The molecule has 3 heterocycles. The van der Waals surface area contributed by atoms with Crippen molar-refractivity contribution in [2.75, 3.05) is 52.4 Å². The van der Waals surface area contributed by atoms with E-state index in [0.717, 1.165) is 97.1 Å². The Bertz CT molecular complexity index is 2540. The monoisotopic (exact) mass is 1130 g/mol. The zero-order chi connectivity index (χ0) is 58.3. The van der Waals surface area contributed by atoms with Gasteiger partial charge in [-0.3, -0.25) is 45.0 Å². The van der Waals surface area contributed by atoms with Crippen molar-refractivity contribution in [1.82, 2.24) is 57.2 Å². The van der Waals surface area contributed by atoms with Crippen LogP contribution in [-0.4, -0.2) is 148 Å². The summed E-state index contributed by atoms with van der Waals surface area (Å²) in [5, 5.41) is 22.4. The number of halogens is 3. The van der Waals surface area contributed by atoms with Crippen molar-refractivity contribution in [2.45, 2.75) is 160 Å². The van der Waals surface area contributed by atoms with Crippen molar-refractivity contribution >= 4 is 63.2 Å². The van der Waals surface area contributed by atoms with Crippen LogP contribution in [0.25, 0.3) is 21.8 Å². The van der Waals surface area contributed by atoms with Crippen molar-refractivity contribution < 1.29 is 51.8 Å². The first-order chi connectivity index (χ1) is 38.4. The minimum Gasteiger partial charge on any atom is -0.475 e.